The molecule has 2 N–H and O–H groups in total. The Balaban J connectivity index is 1.76. The van der Waals surface area contributed by atoms with E-state index in [0.29, 0.717) is 5.16 Å². The van der Waals surface area contributed by atoms with Gasteiger partial charge in [-0.3, -0.25) is 4.57 Å². The lowest BCUT2D eigenvalue weighted by Crippen LogP contribution is -2.08. The third kappa shape index (κ3) is 3.35. The highest BCUT2D eigenvalue weighted by molar-refractivity contribution is 7.99. The Bertz CT molecular complexity index is 890. The molecule has 0 spiro atoms. The molecule has 0 bridgehead atoms. The second-order valence-corrected chi connectivity index (χ2v) is 8.25. The van der Waals surface area contributed by atoms with E-state index in [1.165, 1.54) is 33.3 Å². The van der Waals surface area contributed by atoms with Crippen LogP contribution < -0.4 is 0 Å². The number of hydrogen-bond acceptors (Lipinski definition) is 6. The van der Waals surface area contributed by atoms with Gasteiger partial charge in [0.05, 0.1) is 5.75 Å². The molecule has 1 aromatic carbocycles. The number of hydrogen-bond donors (Lipinski definition) is 2. The molecule has 1 aliphatic rings. The number of aliphatic hydroxyl groups is 2. The van der Waals surface area contributed by atoms with Gasteiger partial charge >= 0.3 is 0 Å². The van der Waals surface area contributed by atoms with Crippen molar-refractivity contribution >= 4 is 34.7 Å². The molecule has 0 atom stereocenters. The van der Waals surface area contributed by atoms with Crippen molar-refractivity contribution in [2.45, 2.75) is 30.7 Å². The lowest BCUT2D eigenvalue weighted by Gasteiger charge is -2.06. The van der Waals surface area contributed by atoms with Crippen LogP contribution in [-0.2, 0) is 12.8 Å². The maximum atomic E-state index is 9.11. The monoisotopic (exact) mass is 393 g/mol. The molecule has 0 saturated heterocycles. The number of benzene rings is 1. The fourth-order valence-electron chi connectivity index (χ4n) is 3.09. The summed E-state index contributed by atoms with van der Waals surface area (Å²) >= 11 is 9.04. The van der Waals surface area contributed by atoms with Gasteiger partial charge in [0, 0.05) is 9.90 Å². The van der Waals surface area contributed by atoms with Crippen LogP contribution in [-0.4, -0.2) is 37.0 Å². The molecule has 0 unspecified atom stereocenters. The van der Waals surface area contributed by atoms with Gasteiger partial charge in [-0.2, -0.15) is 0 Å². The molecule has 0 saturated carbocycles. The number of nitrogens with zero attached hydrogens (tertiary/aromatic N) is 3. The van der Waals surface area contributed by atoms with Crippen LogP contribution in [0.4, 0.5) is 0 Å². The van der Waals surface area contributed by atoms with Crippen LogP contribution in [0.5, 0.6) is 0 Å². The Hall–Kier alpha value is -1.38. The van der Waals surface area contributed by atoms with Crippen LogP contribution in [0.3, 0.4) is 0 Å². The second-order valence-electron chi connectivity index (χ2n) is 5.83. The molecule has 0 fully saturated rings. The Labute approximate surface area is 158 Å². The van der Waals surface area contributed by atoms with E-state index in [0.717, 1.165) is 29.3 Å². The third-order valence-electron chi connectivity index (χ3n) is 4.15. The summed E-state index contributed by atoms with van der Waals surface area (Å²) in [5.41, 5.74) is 3.92. The van der Waals surface area contributed by atoms with Crippen molar-refractivity contribution in [1.82, 2.24) is 14.8 Å². The molecule has 4 rings (SSSR count). The van der Waals surface area contributed by atoms with E-state index in [-0.39, 0.29) is 5.75 Å². The Morgan fingerprint density at radius 1 is 1.20 bits per heavy atom. The lowest BCUT2D eigenvalue weighted by molar-refractivity contribution is -0.0186. The molecule has 0 amide bonds. The predicted octanol–water partition coefficient (Wildman–Crippen LogP) is 3.54. The number of thiophene rings is 1. The summed E-state index contributed by atoms with van der Waals surface area (Å²) in [5.74, 6) is 0.163. The van der Waals surface area contributed by atoms with Crippen LogP contribution in [0.1, 0.15) is 17.5 Å². The SMILES string of the molecule is OC(O)CSc1nncn1-c1sc(-c2ccc(Cl)cc2)c2c1CCC2. The smallest absolute Gasteiger partial charge is 0.196 e. The molecule has 2 aromatic heterocycles. The van der Waals surface area contributed by atoms with E-state index in [9.17, 15) is 0 Å². The van der Waals surface area contributed by atoms with Crippen LogP contribution in [0.2, 0.25) is 5.02 Å². The van der Waals surface area contributed by atoms with Gasteiger partial charge in [-0.1, -0.05) is 35.5 Å². The van der Waals surface area contributed by atoms with E-state index in [2.05, 4.69) is 22.3 Å². The molecular weight excluding hydrogens is 378 g/mol. The number of fused-ring (bicyclic) bond motifs is 1. The molecule has 0 radical (unpaired) electrons. The summed E-state index contributed by atoms with van der Waals surface area (Å²) in [7, 11) is 0. The highest BCUT2D eigenvalue weighted by Crippen LogP contribution is 2.44. The minimum atomic E-state index is -1.37. The lowest BCUT2D eigenvalue weighted by atomic mass is 10.1. The minimum absolute atomic E-state index is 0.163. The average molecular weight is 394 g/mol. The first-order valence-corrected chi connectivity index (χ1v) is 10.1. The van der Waals surface area contributed by atoms with E-state index < -0.39 is 6.29 Å². The highest BCUT2D eigenvalue weighted by Gasteiger charge is 2.25. The summed E-state index contributed by atoms with van der Waals surface area (Å²) in [6.07, 6.45) is 3.59. The van der Waals surface area contributed by atoms with E-state index >= 15 is 0 Å². The molecule has 25 heavy (non-hydrogen) atoms. The van der Waals surface area contributed by atoms with Gasteiger partial charge in [0.15, 0.2) is 11.4 Å². The quantitative estimate of drug-likeness (QED) is 0.512. The van der Waals surface area contributed by atoms with Crippen molar-refractivity contribution in [2.24, 2.45) is 0 Å². The van der Waals surface area contributed by atoms with Gasteiger partial charge in [0.25, 0.3) is 0 Å². The van der Waals surface area contributed by atoms with Crippen LogP contribution in [0.15, 0.2) is 35.7 Å². The maximum absolute atomic E-state index is 9.11. The largest absolute Gasteiger partial charge is 0.367 e. The van der Waals surface area contributed by atoms with Crippen LogP contribution in [0.25, 0.3) is 15.4 Å². The molecule has 0 aliphatic heterocycles. The zero-order chi connectivity index (χ0) is 17.4. The molecule has 8 heteroatoms. The Kier molecular flexibility index (Phi) is 4.84. The summed E-state index contributed by atoms with van der Waals surface area (Å²) in [6.45, 7) is 0. The van der Waals surface area contributed by atoms with Gasteiger partial charge in [0.1, 0.15) is 11.3 Å². The highest BCUT2D eigenvalue weighted by atomic mass is 35.5. The van der Waals surface area contributed by atoms with Crippen molar-refractivity contribution in [2.75, 3.05) is 5.75 Å². The summed E-state index contributed by atoms with van der Waals surface area (Å²) in [6, 6.07) is 7.95. The zero-order valence-electron chi connectivity index (χ0n) is 13.2. The van der Waals surface area contributed by atoms with Gasteiger partial charge in [-0.05, 0) is 48.1 Å². The predicted molar refractivity (Wildman–Crippen MR) is 101 cm³/mol. The zero-order valence-corrected chi connectivity index (χ0v) is 15.6. The van der Waals surface area contributed by atoms with Crippen LogP contribution in [0, 0.1) is 0 Å². The normalized spacial score (nSPS) is 13.6. The molecule has 5 nitrogen and oxygen atoms in total. The first kappa shape index (κ1) is 17.1. The van der Waals surface area contributed by atoms with Crippen molar-refractivity contribution in [3.05, 3.63) is 46.7 Å². The van der Waals surface area contributed by atoms with Crippen molar-refractivity contribution < 1.29 is 10.2 Å². The number of halogens is 1. The number of thioether (sulfide) groups is 1. The third-order valence-corrected chi connectivity index (χ3v) is 6.73. The van der Waals surface area contributed by atoms with Crippen LogP contribution >= 0.6 is 34.7 Å². The van der Waals surface area contributed by atoms with Crippen molar-refractivity contribution in [1.29, 1.82) is 0 Å². The summed E-state index contributed by atoms with van der Waals surface area (Å²) in [5, 5.41) is 28.9. The minimum Gasteiger partial charge on any atom is -0.367 e. The van der Waals surface area contributed by atoms with Gasteiger partial charge in [-0.25, -0.2) is 0 Å². The summed E-state index contributed by atoms with van der Waals surface area (Å²) in [4.78, 5) is 1.27. The maximum Gasteiger partial charge on any atom is 0.196 e. The van der Waals surface area contributed by atoms with E-state index in [1.54, 1.807) is 17.7 Å². The van der Waals surface area contributed by atoms with Gasteiger partial charge < -0.3 is 10.2 Å². The molecule has 1 aliphatic carbocycles. The number of aromatic nitrogens is 3. The van der Waals surface area contributed by atoms with Crippen molar-refractivity contribution in [3.63, 3.8) is 0 Å². The van der Waals surface area contributed by atoms with E-state index in [4.69, 9.17) is 21.8 Å². The summed E-state index contributed by atoms with van der Waals surface area (Å²) < 4.78 is 1.96. The topological polar surface area (TPSA) is 71.2 Å². The second kappa shape index (κ2) is 7.09. The van der Waals surface area contributed by atoms with E-state index in [1.807, 2.05) is 16.7 Å². The first-order chi connectivity index (χ1) is 12.1. The average Bonchev–Trinajstić information content (AvgIpc) is 3.30. The molecule has 3 aromatic rings. The number of aliphatic hydroxyl groups excluding tert-OH is 1. The Morgan fingerprint density at radius 3 is 2.72 bits per heavy atom. The fourth-order valence-corrected chi connectivity index (χ4v) is 5.33. The molecule has 2 heterocycles. The van der Waals surface area contributed by atoms with Gasteiger partial charge in [-0.15, -0.1) is 21.5 Å². The molecular formula is C17H16ClN3O2S2. The van der Waals surface area contributed by atoms with Crippen molar-refractivity contribution in [3.8, 4) is 15.4 Å². The Morgan fingerprint density at radius 2 is 1.96 bits per heavy atom. The first-order valence-electron chi connectivity index (χ1n) is 7.93. The molecule has 130 valence electrons. The van der Waals surface area contributed by atoms with Gasteiger partial charge in [0.2, 0.25) is 0 Å². The fraction of sp³-hybridized carbons (Fsp3) is 0.294. The number of rotatable bonds is 5. The standard InChI is InChI=1S/C17H16ClN3O2S2/c18-11-6-4-10(5-7-11)15-12-2-1-3-13(12)16(25-15)21-9-19-20-17(21)24-8-14(22)23/h4-7,9,14,22-23H,1-3,8H2.